The van der Waals surface area contributed by atoms with Crippen LogP contribution in [0.4, 0.5) is 0 Å². The van der Waals surface area contributed by atoms with Gasteiger partial charge in [-0.1, -0.05) is 32.6 Å². The number of hydrogen-bond acceptors (Lipinski definition) is 2. The maximum atomic E-state index is 12.9. The maximum absolute atomic E-state index is 12.9. The molecule has 2 nitrogen and oxygen atoms in total. The van der Waals surface area contributed by atoms with Gasteiger partial charge in [0.1, 0.15) is 0 Å². The molecular formula is C17H31NO. The Morgan fingerprint density at radius 3 is 2.21 bits per heavy atom. The topological polar surface area (TPSA) is 20.3 Å². The molecule has 0 aromatic heterocycles. The Morgan fingerprint density at radius 2 is 1.63 bits per heavy atom. The largest absolute Gasteiger partial charge is 0.297 e. The highest BCUT2D eigenvalue weighted by molar-refractivity contribution is 5.89. The van der Waals surface area contributed by atoms with Crippen molar-refractivity contribution >= 4 is 5.78 Å². The molecule has 0 spiro atoms. The van der Waals surface area contributed by atoms with Gasteiger partial charge >= 0.3 is 0 Å². The fourth-order valence-corrected chi connectivity index (χ4v) is 3.96. The van der Waals surface area contributed by atoms with Crippen molar-refractivity contribution in [3.8, 4) is 0 Å². The molecule has 0 radical (unpaired) electrons. The highest BCUT2D eigenvalue weighted by atomic mass is 16.1. The number of ketones is 1. The summed E-state index contributed by atoms with van der Waals surface area (Å²) in [6.07, 6.45) is 10.00. The van der Waals surface area contributed by atoms with Crippen LogP contribution >= 0.6 is 0 Å². The van der Waals surface area contributed by atoms with E-state index in [1.54, 1.807) is 0 Å². The van der Waals surface area contributed by atoms with E-state index in [1.165, 1.54) is 38.5 Å². The highest BCUT2D eigenvalue weighted by Crippen LogP contribution is 2.34. The number of carbonyl (C=O) groups excluding carboxylic acids is 1. The van der Waals surface area contributed by atoms with Crippen LogP contribution in [0.3, 0.4) is 0 Å². The number of hydrogen-bond donors (Lipinski definition) is 0. The van der Waals surface area contributed by atoms with Crippen LogP contribution in [0.15, 0.2) is 0 Å². The summed E-state index contributed by atoms with van der Waals surface area (Å²) in [6.45, 7) is 8.86. The van der Waals surface area contributed by atoms with Crippen molar-refractivity contribution in [3.63, 3.8) is 0 Å². The standard InChI is InChI=1S/C17H31NO/c1-14-9-8-10-15(13-14)16(19)17(2,3)18-11-6-4-5-7-12-18/h14-15H,4-13H2,1-3H3. The first kappa shape index (κ1) is 15.0. The Morgan fingerprint density at radius 1 is 1.00 bits per heavy atom. The summed E-state index contributed by atoms with van der Waals surface area (Å²) in [7, 11) is 0. The second-order valence-electron chi connectivity index (χ2n) is 7.29. The fourth-order valence-electron chi connectivity index (χ4n) is 3.96. The van der Waals surface area contributed by atoms with Crippen molar-refractivity contribution in [3.05, 3.63) is 0 Å². The van der Waals surface area contributed by atoms with Gasteiger partial charge in [0.2, 0.25) is 0 Å². The Bertz CT molecular complexity index is 302. The second-order valence-corrected chi connectivity index (χ2v) is 7.29. The van der Waals surface area contributed by atoms with Crippen LogP contribution in [-0.4, -0.2) is 29.3 Å². The summed E-state index contributed by atoms with van der Waals surface area (Å²) in [4.78, 5) is 15.4. The molecule has 2 heteroatoms. The summed E-state index contributed by atoms with van der Waals surface area (Å²) in [5.74, 6) is 1.57. The minimum atomic E-state index is -0.244. The Kier molecular flexibility index (Phi) is 5.05. The van der Waals surface area contributed by atoms with Crippen molar-refractivity contribution in [2.75, 3.05) is 13.1 Å². The quantitative estimate of drug-likeness (QED) is 0.767. The van der Waals surface area contributed by atoms with Crippen LogP contribution in [0.5, 0.6) is 0 Å². The fraction of sp³-hybridized carbons (Fsp3) is 0.941. The average Bonchev–Trinajstić information content (AvgIpc) is 2.67. The predicted molar refractivity (Wildman–Crippen MR) is 80.2 cm³/mol. The van der Waals surface area contributed by atoms with E-state index in [1.807, 2.05) is 0 Å². The van der Waals surface area contributed by atoms with Gasteiger partial charge in [0.05, 0.1) is 5.54 Å². The van der Waals surface area contributed by atoms with Crippen LogP contribution in [0.2, 0.25) is 0 Å². The summed E-state index contributed by atoms with van der Waals surface area (Å²) in [6, 6.07) is 0. The molecular weight excluding hydrogens is 234 g/mol. The zero-order valence-electron chi connectivity index (χ0n) is 13.1. The smallest absolute Gasteiger partial charge is 0.155 e. The lowest BCUT2D eigenvalue weighted by molar-refractivity contribution is -0.135. The van der Waals surface area contributed by atoms with Crippen LogP contribution in [0.25, 0.3) is 0 Å². The van der Waals surface area contributed by atoms with Gasteiger partial charge in [-0.3, -0.25) is 9.69 Å². The van der Waals surface area contributed by atoms with Gasteiger partial charge in [0.25, 0.3) is 0 Å². The van der Waals surface area contributed by atoms with Crippen LogP contribution in [0.1, 0.15) is 72.1 Å². The molecule has 0 aromatic rings. The molecule has 2 aliphatic rings. The third kappa shape index (κ3) is 3.59. The SMILES string of the molecule is CC1CCCC(C(=O)C(C)(C)N2CCCCCC2)C1. The number of nitrogens with zero attached hydrogens (tertiary/aromatic N) is 1. The lowest BCUT2D eigenvalue weighted by atomic mass is 9.75. The second kappa shape index (κ2) is 6.39. The van der Waals surface area contributed by atoms with Gasteiger partial charge in [0, 0.05) is 5.92 Å². The minimum absolute atomic E-state index is 0.244. The van der Waals surface area contributed by atoms with E-state index in [9.17, 15) is 4.79 Å². The summed E-state index contributed by atoms with van der Waals surface area (Å²) in [5, 5.41) is 0. The third-order valence-corrected chi connectivity index (χ3v) is 5.31. The molecule has 0 N–H and O–H groups in total. The molecule has 1 aliphatic heterocycles. The van der Waals surface area contributed by atoms with E-state index in [0.29, 0.717) is 11.7 Å². The van der Waals surface area contributed by atoms with Gasteiger partial charge in [-0.2, -0.15) is 0 Å². The van der Waals surface area contributed by atoms with Gasteiger partial charge in [0.15, 0.2) is 5.78 Å². The predicted octanol–water partition coefficient (Wildman–Crippen LogP) is 4.04. The van der Waals surface area contributed by atoms with Gasteiger partial charge in [-0.15, -0.1) is 0 Å². The average molecular weight is 265 g/mol. The number of likely N-dealkylation sites (tertiary alicyclic amines) is 1. The van der Waals surface area contributed by atoms with E-state index in [0.717, 1.165) is 31.8 Å². The van der Waals surface area contributed by atoms with Crippen molar-refractivity contribution < 1.29 is 4.79 Å². The molecule has 2 unspecified atom stereocenters. The zero-order chi connectivity index (χ0) is 13.9. The number of carbonyl (C=O) groups is 1. The first-order chi connectivity index (χ1) is 9.01. The molecule has 0 bridgehead atoms. The molecule has 1 saturated heterocycles. The molecule has 1 heterocycles. The van der Waals surface area contributed by atoms with Gasteiger partial charge < -0.3 is 0 Å². The van der Waals surface area contributed by atoms with Crippen molar-refractivity contribution in [1.29, 1.82) is 0 Å². The van der Waals surface area contributed by atoms with E-state index in [-0.39, 0.29) is 5.54 Å². The highest BCUT2D eigenvalue weighted by Gasteiger charge is 2.39. The van der Waals surface area contributed by atoms with Gasteiger partial charge in [-0.25, -0.2) is 0 Å². The normalized spacial score (nSPS) is 30.9. The lowest BCUT2D eigenvalue weighted by Gasteiger charge is -2.40. The van der Waals surface area contributed by atoms with Gasteiger partial charge in [-0.05, 0) is 58.5 Å². The Balaban J connectivity index is 2.02. The molecule has 2 atom stereocenters. The lowest BCUT2D eigenvalue weighted by Crippen LogP contribution is -2.53. The van der Waals surface area contributed by atoms with Crippen molar-refractivity contribution in [2.45, 2.75) is 77.7 Å². The zero-order valence-corrected chi connectivity index (χ0v) is 13.1. The van der Waals surface area contributed by atoms with Crippen molar-refractivity contribution in [1.82, 2.24) is 4.90 Å². The Hall–Kier alpha value is -0.370. The molecule has 2 rings (SSSR count). The summed E-state index contributed by atoms with van der Waals surface area (Å²) < 4.78 is 0. The molecule has 0 aromatic carbocycles. The van der Waals surface area contributed by atoms with Crippen LogP contribution in [-0.2, 0) is 4.79 Å². The molecule has 19 heavy (non-hydrogen) atoms. The number of rotatable bonds is 3. The molecule has 1 aliphatic carbocycles. The van der Waals surface area contributed by atoms with E-state index in [2.05, 4.69) is 25.7 Å². The van der Waals surface area contributed by atoms with Crippen molar-refractivity contribution in [2.24, 2.45) is 11.8 Å². The first-order valence-corrected chi connectivity index (χ1v) is 8.31. The number of Topliss-reactive ketones (excluding diaryl/α,β-unsaturated/α-hetero) is 1. The van der Waals surface area contributed by atoms with Crippen LogP contribution < -0.4 is 0 Å². The van der Waals surface area contributed by atoms with Crippen LogP contribution in [0, 0.1) is 11.8 Å². The first-order valence-electron chi connectivity index (χ1n) is 8.31. The molecule has 2 fully saturated rings. The molecule has 110 valence electrons. The van der Waals surface area contributed by atoms with E-state index in [4.69, 9.17) is 0 Å². The molecule has 0 amide bonds. The Labute approximate surface area is 118 Å². The summed E-state index contributed by atoms with van der Waals surface area (Å²) in [5.41, 5.74) is -0.244. The third-order valence-electron chi connectivity index (χ3n) is 5.31. The monoisotopic (exact) mass is 265 g/mol. The summed E-state index contributed by atoms with van der Waals surface area (Å²) >= 11 is 0. The minimum Gasteiger partial charge on any atom is -0.297 e. The van der Waals surface area contributed by atoms with E-state index < -0.39 is 0 Å². The maximum Gasteiger partial charge on any atom is 0.155 e. The van der Waals surface area contributed by atoms with E-state index >= 15 is 0 Å². The molecule has 1 saturated carbocycles.